The van der Waals surface area contributed by atoms with Crippen LogP contribution in [0.4, 0.5) is 13.2 Å². The maximum absolute atomic E-state index is 12.5. The topological polar surface area (TPSA) is 46.3 Å². The van der Waals surface area contributed by atoms with Crippen molar-refractivity contribution in [2.24, 2.45) is 11.7 Å². The molecule has 2 rings (SSSR count). The van der Waals surface area contributed by atoms with Gasteiger partial charge in [0, 0.05) is 6.04 Å². The van der Waals surface area contributed by atoms with Crippen molar-refractivity contribution in [1.29, 1.82) is 0 Å². The van der Waals surface area contributed by atoms with Crippen molar-refractivity contribution in [2.75, 3.05) is 6.54 Å². The van der Waals surface area contributed by atoms with E-state index >= 15 is 0 Å². The van der Waals surface area contributed by atoms with Crippen LogP contribution in [0.25, 0.3) is 0 Å². The van der Waals surface area contributed by atoms with Crippen LogP contribution in [-0.2, 0) is 4.79 Å². The predicted octanol–water partition coefficient (Wildman–Crippen LogP) is 1.67. The monoisotopic (exact) mass is 250 g/mol. The highest BCUT2D eigenvalue weighted by Crippen LogP contribution is 2.40. The van der Waals surface area contributed by atoms with Crippen LogP contribution in [0.15, 0.2) is 0 Å². The number of nitrogens with two attached hydrogens (primary N) is 1. The first-order chi connectivity index (χ1) is 7.73. The number of carbonyl (C=O) groups is 1. The molecule has 1 atom stereocenters. The van der Waals surface area contributed by atoms with Gasteiger partial charge in [-0.05, 0) is 38.5 Å². The third-order valence-corrected chi connectivity index (χ3v) is 3.62. The summed E-state index contributed by atoms with van der Waals surface area (Å²) in [5.41, 5.74) is 4.69. The van der Waals surface area contributed by atoms with Gasteiger partial charge in [-0.25, -0.2) is 0 Å². The third-order valence-electron chi connectivity index (χ3n) is 3.62. The van der Waals surface area contributed by atoms with Crippen LogP contribution in [0.3, 0.4) is 0 Å². The molecular weight excluding hydrogens is 233 g/mol. The first-order valence-electron chi connectivity index (χ1n) is 5.90. The van der Waals surface area contributed by atoms with E-state index in [1.807, 2.05) is 0 Å². The van der Waals surface area contributed by atoms with Crippen molar-refractivity contribution in [3.8, 4) is 0 Å². The molecule has 2 aliphatic carbocycles. The average Bonchev–Trinajstić information content (AvgIpc) is 3.04. The van der Waals surface area contributed by atoms with Crippen molar-refractivity contribution in [1.82, 2.24) is 4.90 Å². The molecule has 0 saturated heterocycles. The number of rotatable bonds is 4. The van der Waals surface area contributed by atoms with Crippen molar-refractivity contribution < 1.29 is 18.0 Å². The lowest BCUT2D eigenvalue weighted by Crippen LogP contribution is -2.53. The molecule has 98 valence electrons. The number of hydrogen-bond donors (Lipinski definition) is 1. The summed E-state index contributed by atoms with van der Waals surface area (Å²) in [4.78, 5) is 12.9. The van der Waals surface area contributed by atoms with E-state index in [0.29, 0.717) is 12.8 Å². The second-order valence-electron chi connectivity index (χ2n) is 5.28. The Balaban J connectivity index is 2.08. The molecule has 0 spiro atoms. The Morgan fingerprint density at radius 2 is 2.00 bits per heavy atom. The molecular formula is C11H17F3N2O. The molecule has 0 aliphatic heterocycles. The minimum absolute atomic E-state index is 0.212. The van der Waals surface area contributed by atoms with E-state index in [1.54, 1.807) is 6.92 Å². The lowest BCUT2D eigenvalue weighted by Gasteiger charge is -2.32. The van der Waals surface area contributed by atoms with Crippen LogP contribution in [-0.4, -0.2) is 35.1 Å². The smallest absolute Gasteiger partial charge is 0.329 e. The molecule has 0 aromatic carbocycles. The molecule has 0 aromatic rings. The second-order valence-corrected chi connectivity index (χ2v) is 5.28. The zero-order valence-electron chi connectivity index (χ0n) is 9.76. The van der Waals surface area contributed by atoms with Gasteiger partial charge >= 0.3 is 6.18 Å². The van der Waals surface area contributed by atoms with Gasteiger partial charge in [0.2, 0.25) is 5.91 Å². The summed E-state index contributed by atoms with van der Waals surface area (Å²) in [6, 6.07) is -0.356. The number of halogens is 3. The van der Waals surface area contributed by atoms with Crippen molar-refractivity contribution in [3.05, 3.63) is 0 Å². The van der Waals surface area contributed by atoms with Gasteiger partial charge in [-0.15, -0.1) is 0 Å². The molecule has 2 saturated carbocycles. The summed E-state index contributed by atoms with van der Waals surface area (Å²) in [7, 11) is 0. The van der Waals surface area contributed by atoms with Crippen LogP contribution in [0.5, 0.6) is 0 Å². The average molecular weight is 250 g/mol. The van der Waals surface area contributed by atoms with Crippen LogP contribution >= 0.6 is 0 Å². The maximum Gasteiger partial charge on any atom is 0.406 e. The quantitative estimate of drug-likeness (QED) is 0.825. The van der Waals surface area contributed by atoms with Gasteiger partial charge in [0.25, 0.3) is 0 Å². The molecule has 2 aliphatic rings. The fourth-order valence-corrected chi connectivity index (χ4v) is 2.06. The molecule has 1 amide bonds. The summed E-state index contributed by atoms with van der Waals surface area (Å²) in [5.74, 6) is -0.321. The molecule has 2 fully saturated rings. The van der Waals surface area contributed by atoms with Crippen molar-refractivity contribution >= 4 is 5.91 Å². The van der Waals surface area contributed by atoms with Gasteiger partial charge in [0.05, 0.1) is 5.54 Å². The summed E-state index contributed by atoms with van der Waals surface area (Å²) in [6.45, 7) is 0.509. The number of amides is 1. The summed E-state index contributed by atoms with van der Waals surface area (Å²) >= 11 is 0. The highest BCUT2D eigenvalue weighted by Gasteiger charge is 2.52. The Morgan fingerprint density at radius 3 is 2.35 bits per heavy atom. The predicted molar refractivity (Wildman–Crippen MR) is 56.1 cm³/mol. The van der Waals surface area contributed by atoms with E-state index in [2.05, 4.69) is 0 Å². The fourth-order valence-electron chi connectivity index (χ4n) is 2.06. The van der Waals surface area contributed by atoms with Crippen LogP contribution in [0.2, 0.25) is 0 Å². The Labute approximate surface area is 98.1 Å². The number of alkyl halides is 3. The molecule has 6 heteroatoms. The fraction of sp³-hybridized carbons (Fsp3) is 0.909. The molecule has 17 heavy (non-hydrogen) atoms. The van der Waals surface area contributed by atoms with Crippen molar-refractivity contribution in [3.63, 3.8) is 0 Å². The Kier molecular flexibility index (Phi) is 2.88. The van der Waals surface area contributed by atoms with E-state index < -0.39 is 24.2 Å². The first kappa shape index (κ1) is 12.7. The van der Waals surface area contributed by atoms with Crippen LogP contribution in [0.1, 0.15) is 32.6 Å². The minimum Gasteiger partial charge on any atom is -0.329 e. The van der Waals surface area contributed by atoms with Gasteiger partial charge in [0.1, 0.15) is 6.54 Å². The summed E-state index contributed by atoms with van der Waals surface area (Å²) < 4.78 is 37.5. The summed E-state index contributed by atoms with van der Waals surface area (Å²) in [6.07, 6.45) is -1.56. The van der Waals surface area contributed by atoms with Gasteiger partial charge in [-0.3, -0.25) is 4.79 Å². The second kappa shape index (κ2) is 3.86. The largest absolute Gasteiger partial charge is 0.406 e. The maximum atomic E-state index is 12.5. The van der Waals surface area contributed by atoms with Gasteiger partial charge in [0.15, 0.2) is 0 Å². The summed E-state index contributed by atoms with van der Waals surface area (Å²) in [5, 5.41) is 0. The van der Waals surface area contributed by atoms with Crippen LogP contribution in [0, 0.1) is 5.92 Å². The van der Waals surface area contributed by atoms with Gasteiger partial charge in [-0.2, -0.15) is 13.2 Å². The molecule has 0 bridgehead atoms. The lowest BCUT2D eigenvalue weighted by atomic mass is 10.1. The van der Waals surface area contributed by atoms with Gasteiger partial charge in [-0.1, -0.05) is 0 Å². The van der Waals surface area contributed by atoms with E-state index in [1.165, 1.54) is 0 Å². The molecule has 0 aromatic heterocycles. The number of nitrogens with zero attached hydrogens (tertiary/aromatic N) is 1. The lowest BCUT2D eigenvalue weighted by molar-refractivity contribution is -0.167. The highest BCUT2D eigenvalue weighted by atomic mass is 19.4. The van der Waals surface area contributed by atoms with E-state index in [9.17, 15) is 18.0 Å². The zero-order valence-corrected chi connectivity index (χ0v) is 9.76. The SMILES string of the molecule is CC(C1CC1)N(CC(F)(F)F)C(=O)C1(N)CC1. The normalized spacial score (nSPS) is 24.3. The van der Waals surface area contributed by atoms with Crippen molar-refractivity contribution in [2.45, 2.75) is 50.4 Å². The van der Waals surface area contributed by atoms with E-state index in [-0.39, 0.29) is 12.0 Å². The Morgan fingerprint density at radius 1 is 1.47 bits per heavy atom. The van der Waals surface area contributed by atoms with Crippen LogP contribution < -0.4 is 5.73 Å². The number of hydrogen-bond acceptors (Lipinski definition) is 2. The molecule has 1 unspecified atom stereocenters. The standard InChI is InChI=1S/C11H17F3N2O/c1-7(8-2-3-8)16(6-11(12,13)14)9(17)10(15)4-5-10/h7-8H,2-6,15H2,1H3. The highest BCUT2D eigenvalue weighted by molar-refractivity contribution is 5.89. The Hall–Kier alpha value is -0.780. The van der Waals surface area contributed by atoms with E-state index in [4.69, 9.17) is 5.73 Å². The Bertz CT molecular complexity index is 321. The molecule has 2 N–H and O–H groups in total. The third kappa shape index (κ3) is 2.91. The molecule has 0 radical (unpaired) electrons. The first-order valence-corrected chi connectivity index (χ1v) is 5.90. The molecule has 0 heterocycles. The molecule has 3 nitrogen and oxygen atoms in total. The number of carbonyl (C=O) groups excluding carboxylic acids is 1. The van der Waals surface area contributed by atoms with E-state index in [0.717, 1.165) is 17.7 Å². The zero-order chi connectivity index (χ0) is 12.8. The van der Waals surface area contributed by atoms with Gasteiger partial charge < -0.3 is 10.6 Å². The minimum atomic E-state index is -4.36.